The molecule has 1 aromatic carbocycles. The van der Waals surface area contributed by atoms with Crippen LogP contribution in [0.15, 0.2) is 41.0 Å². The van der Waals surface area contributed by atoms with Crippen LogP contribution >= 0.6 is 0 Å². The molecule has 9 nitrogen and oxygen atoms in total. The lowest BCUT2D eigenvalue weighted by molar-refractivity contribution is -0.151. The topological polar surface area (TPSA) is 127 Å². The molecule has 0 aliphatic heterocycles. The van der Waals surface area contributed by atoms with Gasteiger partial charge in [-0.25, -0.2) is 13.6 Å². The molecule has 0 spiro atoms. The van der Waals surface area contributed by atoms with Crippen molar-refractivity contribution >= 4 is 29.4 Å². The van der Waals surface area contributed by atoms with Gasteiger partial charge in [-0.1, -0.05) is 13.8 Å². The molecule has 1 heterocycles. The first-order valence-electron chi connectivity index (χ1n) is 9.20. The van der Waals surface area contributed by atoms with E-state index < -0.39 is 54.5 Å². The molecule has 1 aromatic heterocycles. The maximum absolute atomic E-state index is 13.1. The van der Waals surface area contributed by atoms with Crippen molar-refractivity contribution in [2.75, 3.05) is 18.5 Å². The van der Waals surface area contributed by atoms with Gasteiger partial charge in [0.25, 0.3) is 11.8 Å². The fourth-order valence-corrected chi connectivity index (χ4v) is 2.35. The van der Waals surface area contributed by atoms with E-state index in [-0.39, 0.29) is 17.4 Å². The minimum Gasteiger partial charge on any atom is -0.459 e. The van der Waals surface area contributed by atoms with E-state index in [1.807, 2.05) is 0 Å². The molecule has 166 valence electrons. The van der Waals surface area contributed by atoms with Crippen LogP contribution in [0, 0.1) is 17.6 Å². The van der Waals surface area contributed by atoms with Crippen LogP contribution < -0.4 is 16.0 Å². The maximum Gasteiger partial charge on any atom is 0.329 e. The van der Waals surface area contributed by atoms with Crippen molar-refractivity contribution in [2.24, 2.45) is 5.92 Å². The Kier molecular flexibility index (Phi) is 8.24. The maximum atomic E-state index is 13.1. The standard InChI is InChI=1S/C20H21F2N3O6/c1-11(2)18(25-19(28)15-4-3-7-30-15)20(29)31-10-17(27)23-9-16(26)24-12-5-6-13(21)14(22)8-12/h3-8,11,18H,9-10H2,1-2H3,(H,23,27)(H,24,26)(H,25,28)/t18-/m0/s1. The summed E-state index contributed by atoms with van der Waals surface area (Å²) in [5.41, 5.74) is 0.0108. The molecule has 0 aliphatic rings. The third kappa shape index (κ3) is 7.21. The number of amides is 3. The molecule has 2 aromatic rings. The zero-order chi connectivity index (χ0) is 23.0. The van der Waals surface area contributed by atoms with Crippen LogP contribution in [-0.4, -0.2) is 42.9 Å². The summed E-state index contributed by atoms with van der Waals surface area (Å²) in [6, 6.07) is 4.71. The molecular formula is C20H21F2N3O6. The molecule has 0 aliphatic carbocycles. The monoisotopic (exact) mass is 437 g/mol. The van der Waals surface area contributed by atoms with Crippen LogP contribution in [0.5, 0.6) is 0 Å². The number of furan rings is 1. The molecule has 0 radical (unpaired) electrons. The van der Waals surface area contributed by atoms with E-state index >= 15 is 0 Å². The van der Waals surface area contributed by atoms with Gasteiger partial charge in [-0.2, -0.15) is 0 Å². The molecule has 0 saturated carbocycles. The van der Waals surface area contributed by atoms with Crippen LogP contribution in [-0.2, 0) is 19.1 Å². The molecule has 2 rings (SSSR count). The van der Waals surface area contributed by atoms with Gasteiger partial charge in [0.1, 0.15) is 6.04 Å². The van der Waals surface area contributed by atoms with Gasteiger partial charge >= 0.3 is 5.97 Å². The molecule has 11 heteroatoms. The smallest absolute Gasteiger partial charge is 0.329 e. The van der Waals surface area contributed by atoms with Crippen molar-refractivity contribution in [1.29, 1.82) is 0 Å². The number of halogens is 2. The average Bonchev–Trinajstić information content (AvgIpc) is 3.26. The Balaban J connectivity index is 1.77. The first-order valence-corrected chi connectivity index (χ1v) is 9.20. The van der Waals surface area contributed by atoms with Crippen LogP contribution in [0.4, 0.5) is 14.5 Å². The highest BCUT2D eigenvalue weighted by Gasteiger charge is 2.27. The zero-order valence-corrected chi connectivity index (χ0v) is 16.7. The Hall–Kier alpha value is -3.76. The highest BCUT2D eigenvalue weighted by molar-refractivity contribution is 5.96. The Morgan fingerprint density at radius 3 is 2.42 bits per heavy atom. The number of hydrogen-bond donors (Lipinski definition) is 3. The lowest BCUT2D eigenvalue weighted by Gasteiger charge is -2.20. The first kappa shape index (κ1) is 23.5. The van der Waals surface area contributed by atoms with Crippen LogP contribution in [0.2, 0.25) is 0 Å². The minimum atomic E-state index is -1.13. The van der Waals surface area contributed by atoms with Gasteiger partial charge in [0.2, 0.25) is 5.91 Å². The second kappa shape index (κ2) is 10.9. The van der Waals surface area contributed by atoms with Gasteiger partial charge in [0.05, 0.1) is 12.8 Å². The summed E-state index contributed by atoms with van der Waals surface area (Å²) >= 11 is 0. The number of nitrogens with one attached hydrogen (secondary N) is 3. The third-order valence-corrected chi connectivity index (χ3v) is 3.95. The van der Waals surface area contributed by atoms with Crippen LogP contribution in [0.25, 0.3) is 0 Å². The Morgan fingerprint density at radius 2 is 1.81 bits per heavy atom. The normalized spacial score (nSPS) is 11.5. The summed E-state index contributed by atoms with van der Waals surface area (Å²) in [5, 5.41) is 6.96. The lowest BCUT2D eigenvalue weighted by Crippen LogP contribution is -2.46. The van der Waals surface area contributed by atoms with E-state index in [4.69, 9.17) is 9.15 Å². The zero-order valence-electron chi connectivity index (χ0n) is 16.7. The fraction of sp³-hybridized carbons (Fsp3) is 0.300. The Labute approximate surface area is 176 Å². The van der Waals surface area contributed by atoms with Crippen molar-refractivity contribution in [1.82, 2.24) is 10.6 Å². The summed E-state index contributed by atoms with van der Waals surface area (Å²) in [4.78, 5) is 47.9. The number of rotatable bonds is 9. The third-order valence-electron chi connectivity index (χ3n) is 3.95. The SMILES string of the molecule is CC(C)[C@H](NC(=O)c1ccco1)C(=O)OCC(=O)NCC(=O)Nc1ccc(F)c(F)c1. The summed E-state index contributed by atoms with van der Waals surface area (Å²) in [6.07, 6.45) is 1.31. The number of carbonyl (C=O) groups is 4. The predicted octanol–water partition coefficient (Wildman–Crippen LogP) is 1.61. The summed E-state index contributed by atoms with van der Waals surface area (Å²) < 4.78 is 35.9. The molecule has 0 fully saturated rings. The Bertz CT molecular complexity index is 946. The fourth-order valence-electron chi connectivity index (χ4n) is 2.35. The van der Waals surface area contributed by atoms with Gasteiger partial charge in [-0.3, -0.25) is 14.4 Å². The number of hydrogen-bond acceptors (Lipinski definition) is 6. The van der Waals surface area contributed by atoms with Gasteiger partial charge < -0.3 is 25.1 Å². The second-order valence-electron chi connectivity index (χ2n) is 6.73. The number of anilines is 1. The molecular weight excluding hydrogens is 416 g/mol. The largest absolute Gasteiger partial charge is 0.459 e. The van der Waals surface area contributed by atoms with Crippen molar-refractivity contribution in [3.8, 4) is 0 Å². The average molecular weight is 437 g/mol. The summed E-state index contributed by atoms with van der Waals surface area (Å²) in [5.74, 6) is -5.43. The molecule has 0 unspecified atom stereocenters. The van der Waals surface area contributed by atoms with Gasteiger partial charge in [0, 0.05) is 11.8 Å². The quantitative estimate of drug-likeness (QED) is 0.512. The van der Waals surface area contributed by atoms with Gasteiger partial charge in [-0.05, 0) is 30.2 Å². The van der Waals surface area contributed by atoms with E-state index in [2.05, 4.69) is 16.0 Å². The van der Waals surface area contributed by atoms with Crippen molar-refractivity contribution in [3.63, 3.8) is 0 Å². The predicted molar refractivity (Wildman–Crippen MR) is 104 cm³/mol. The minimum absolute atomic E-state index is 0.0108. The lowest BCUT2D eigenvalue weighted by atomic mass is 10.0. The molecule has 1 atom stereocenters. The molecule has 0 saturated heterocycles. The second-order valence-corrected chi connectivity index (χ2v) is 6.73. The number of esters is 1. The Morgan fingerprint density at radius 1 is 1.06 bits per heavy atom. The number of benzene rings is 1. The highest BCUT2D eigenvalue weighted by atomic mass is 19.2. The first-order chi connectivity index (χ1) is 14.7. The highest BCUT2D eigenvalue weighted by Crippen LogP contribution is 2.12. The molecule has 0 bridgehead atoms. The van der Waals surface area contributed by atoms with E-state index in [0.717, 1.165) is 18.2 Å². The number of ether oxygens (including phenoxy) is 1. The van der Waals surface area contributed by atoms with Gasteiger partial charge in [0.15, 0.2) is 24.0 Å². The van der Waals surface area contributed by atoms with Crippen LogP contribution in [0.1, 0.15) is 24.4 Å². The van der Waals surface area contributed by atoms with Crippen LogP contribution in [0.3, 0.4) is 0 Å². The molecule has 3 N–H and O–H groups in total. The molecule has 3 amide bonds. The van der Waals surface area contributed by atoms with Crippen molar-refractivity contribution in [2.45, 2.75) is 19.9 Å². The number of carbonyl (C=O) groups excluding carboxylic acids is 4. The van der Waals surface area contributed by atoms with E-state index in [9.17, 15) is 28.0 Å². The van der Waals surface area contributed by atoms with Gasteiger partial charge in [-0.15, -0.1) is 0 Å². The summed E-state index contributed by atoms with van der Waals surface area (Å²) in [7, 11) is 0. The summed E-state index contributed by atoms with van der Waals surface area (Å²) in [6.45, 7) is 2.18. The van der Waals surface area contributed by atoms with E-state index in [1.165, 1.54) is 18.4 Å². The molecule has 31 heavy (non-hydrogen) atoms. The van der Waals surface area contributed by atoms with Crippen molar-refractivity contribution < 1.29 is 37.1 Å². The van der Waals surface area contributed by atoms with E-state index in [0.29, 0.717) is 0 Å². The van der Waals surface area contributed by atoms with Crippen molar-refractivity contribution in [3.05, 3.63) is 54.0 Å². The van der Waals surface area contributed by atoms with E-state index in [1.54, 1.807) is 13.8 Å².